The highest BCUT2D eigenvalue weighted by molar-refractivity contribution is 7.92. The lowest BCUT2D eigenvalue weighted by Gasteiger charge is -2.25. The highest BCUT2D eigenvalue weighted by Gasteiger charge is 2.38. The van der Waals surface area contributed by atoms with E-state index in [4.69, 9.17) is 4.74 Å². The van der Waals surface area contributed by atoms with E-state index in [0.29, 0.717) is 19.0 Å². The number of methoxy groups -OCH3 is 1. The van der Waals surface area contributed by atoms with Gasteiger partial charge in [0.15, 0.2) is 9.84 Å². The molecule has 0 unspecified atom stereocenters. The van der Waals surface area contributed by atoms with Crippen LogP contribution in [0.15, 0.2) is 29.2 Å². The molecule has 1 amide bonds. The minimum absolute atomic E-state index is 0.0477. The second-order valence-electron chi connectivity index (χ2n) is 7.38. The minimum Gasteiger partial charge on any atom is -0.380 e. The summed E-state index contributed by atoms with van der Waals surface area (Å²) in [5.41, 5.74) is -1.02. The molecule has 2 atom stereocenters. The summed E-state index contributed by atoms with van der Waals surface area (Å²) in [4.78, 5) is 11.8. The second-order valence-corrected chi connectivity index (χ2v) is 9.97. The van der Waals surface area contributed by atoms with Crippen molar-refractivity contribution < 1.29 is 31.1 Å². The molecule has 0 bridgehead atoms. The fourth-order valence-electron chi connectivity index (χ4n) is 2.99. The Kier molecular flexibility index (Phi) is 6.78. The molecule has 1 fully saturated rings. The molecular formula is C18H25F3N2O4S. The van der Waals surface area contributed by atoms with Crippen LogP contribution in [0.2, 0.25) is 0 Å². The third kappa shape index (κ3) is 5.03. The average Bonchev–Trinajstić information content (AvgIpc) is 3.10. The zero-order valence-corrected chi connectivity index (χ0v) is 16.8. The number of hydrogen-bond donors (Lipinski definition) is 2. The molecule has 158 valence electrons. The first-order valence-electron chi connectivity index (χ1n) is 8.84. The zero-order valence-electron chi connectivity index (χ0n) is 16.0. The van der Waals surface area contributed by atoms with E-state index >= 15 is 0 Å². The van der Waals surface area contributed by atoms with E-state index in [0.717, 1.165) is 18.2 Å². The third-order valence-electron chi connectivity index (χ3n) is 4.97. The fraction of sp³-hybridized carbons (Fsp3) is 0.611. The van der Waals surface area contributed by atoms with Gasteiger partial charge in [0.25, 0.3) is 0 Å². The maximum Gasteiger partial charge on any atom is 0.416 e. The molecule has 1 saturated heterocycles. The Hall–Kier alpha value is -1.65. The summed E-state index contributed by atoms with van der Waals surface area (Å²) in [7, 11) is -2.47. The maximum absolute atomic E-state index is 12.9. The van der Waals surface area contributed by atoms with Crippen LogP contribution in [0.1, 0.15) is 32.3 Å². The van der Waals surface area contributed by atoms with Crippen molar-refractivity contribution in [3.63, 3.8) is 0 Å². The topological polar surface area (TPSA) is 84.5 Å². The molecule has 28 heavy (non-hydrogen) atoms. The number of alkyl halides is 3. The van der Waals surface area contributed by atoms with E-state index in [-0.39, 0.29) is 29.9 Å². The van der Waals surface area contributed by atoms with Gasteiger partial charge in [0, 0.05) is 20.2 Å². The second kappa shape index (κ2) is 8.38. The van der Waals surface area contributed by atoms with E-state index < -0.39 is 32.4 Å². The van der Waals surface area contributed by atoms with Gasteiger partial charge in [-0.2, -0.15) is 13.2 Å². The number of sulfone groups is 1. The number of ether oxygens (including phenoxy) is 1. The Morgan fingerprint density at radius 3 is 2.57 bits per heavy atom. The van der Waals surface area contributed by atoms with Crippen molar-refractivity contribution in [2.24, 2.45) is 0 Å². The Balaban J connectivity index is 2.02. The van der Waals surface area contributed by atoms with E-state index in [2.05, 4.69) is 10.6 Å². The van der Waals surface area contributed by atoms with Crippen LogP contribution < -0.4 is 10.6 Å². The van der Waals surface area contributed by atoms with Crippen molar-refractivity contribution in [3.8, 4) is 0 Å². The van der Waals surface area contributed by atoms with E-state index in [9.17, 15) is 26.4 Å². The van der Waals surface area contributed by atoms with Gasteiger partial charge in [-0.05, 0) is 44.9 Å². The maximum atomic E-state index is 12.9. The molecule has 0 spiro atoms. The smallest absolute Gasteiger partial charge is 0.380 e. The number of benzene rings is 1. The van der Waals surface area contributed by atoms with Gasteiger partial charge in [-0.15, -0.1) is 0 Å². The van der Waals surface area contributed by atoms with Crippen LogP contribution in [0.25, 0.3) is 0 Å². The van der Waals surface area contributed by atoms with Gasteiger partial charge in [0.05, 0.1) is 27.4 Å². The van der Waals surface area contributed by atoms with Crippen molar-refractivity contribution in [3.05, 3.63) is 29.8 Å². The van der Waals surface area contributed by atoms with Crippen LogP contribution >= 0.6 is 0 Å². The molecule has 10 heteroatoms. The van der Waals surface area contributed by atoms with Gasteiger partial charge in [-0.1, -0.05) is 6.07 Å². The van der Waals surface area contributed by atoms with Crippen molar-refractivity contribution in [2.45, 2.75) is 54.7 Å². The molecule has 0 saturated carbocycles. The van der Waals surface area contributed by atoms with Gasteiger partial charge in [0.1, 0.15) is 0 Å². The van der Waals surface area contributed by atoms with Gasteiger partial charge in [-0.25, -0.2) is 8.42 Å². The molecule has 6 nitrogen and oxygen atoms in total. The van der Waals surface area contributed by atoms with Crippen molar-refractivity contribution >= 4 is 15.7 Å². The van der Waals surface area contributed by atoms with Crippen LogP contribution in [0.3, 0.4) is 0 Å². The summed E-state index contributed by atoms with van der Waals surface area (Å²) < 4.78 is 68.2. The molecule has 1 heterocycles. The highest BCUT2D eigenvalue weighted by atomic mass is 32.2. The quantitative estimate of drug-likeness (QED) is 0.703. The van der Waals surface area contributed by atoms with E-state index in [1.54, 1.807) is 7.11 Å². The van der Waals surface area contributed by atoms with Crippen LogP contribution in [0.5, 0.6) is 0 Å². The molecule has 1 aliphatic rings. The molecule has 0 radical (unpaired) electrons. The van der Waals surface area contributed by atoms with Crippen LogP contribution in [0, 0.1) is 0 Å². The van der Waals surface area contributed by atoms with Crippen LogP contribution in [-0.2, 0) is 25.5 Å². The summed E-state index contributed by atoms with van der Waals surface area (Å²) >= 11 is 0. The predicted molar refractivity (Wildman–Crippen MR) is 97.5 cm³/mol. The summed E-state index contributed by atoms with van der Waals surface area (Å²) in [5.74, 6) is -0.258. The van der Waals surface area contributed by atoms with E-state index in [1.807, 2.05) is 0 Å². The highest BCUT2D eigenvalue weighted by Crippen LogP contribution is 2.34. The number of halogens is 3. The Morgan fingerprint density at radius 2 is 2.00 bits per heavy atom. The average molecular weight is 422 g/mol. The third-order valence-corrected chi connectivity index (χ3v) is 7.50. The molecular weight excluding hydrogens is 397 g/mol. The number of hydrogen-bond acceptors (Lipinski definition) is 5. The first-order chi connectivity index (χ1) is 12.9. The molecule has 0 aliphatic carbocycles. The van der Waals surface area contributed by atoms with Crippen LogP contribution in [0.4, 0.5) is 13.2 Å². The normalized spacial score (nSPS) is 20.9. The van der Waals surface area contributed by atoms with Gasteiger partial charge in [-0.3, -0.25) is 4.79 Å². The van der Waals surface area contributed by atoms with Crippen LogP contribution in [-0.4, -0.2) is 51.4 Å². The summed E-state index contributed by atoms with van der Waals surface area (Å²) in [6, 6.07) is 3.29. The van der Waals surface area contributed by atoms with Crippen molar-refractivity contribution in [1.82, 2.24) is 10.6 Å². The number of amides is 1. The molecule has 1 aromatic carbocycles. The predicted octanol–water partition coefficient (Wildman–Crippen LogP) is 2.14. The molecule has 2 N–H and O–H groups in total. The standard InChI is InChI=1S/C18H25F3N2O4S/c1-17(2,7-8-22-16(24)15-10-13(27-3)11-23-15)28(25,26)14-6-4-5-12(9-14)18(19,20)21/h4-6,9,13,15,23H,7-8,10-11H2,1-3H3,(H,22,24)/t13-,15-/m1/s1. The number of carbonyl (C=O) groups is 1. The Bertz CT molecular complexity index is 809. The summed E-state index contributed by atoms with van der Waals surface area (Å²) in [6.45, 7) is 3.51. The van der Waals surface area contributed by atoms with Gasteiger partial charge in [0.2, 0.25) is 5.91 Å². The minimum atomic E-state index is -4.63. The fourth-order valence-corrected chi connectivity index (χ4v) is 4.53. The largest absolute Gasteiger partial charge is 0.416 e. The number of rotatable bonds is 7. The number of carbonyl (C=O) groups excluding carboxylic acids is 1. The van der Waals surface area contributed by atoms with E-state index in [1.165, 1.54) is 13.8 Å². The molecule has 1 aliphatic heterocycles. The summed E-state index contributed by atoms with van der Waals surface area (Å²) in [6.07, 6.45) is -4.10. The van der Waals surface area contributed by atoms with Crippen molar-refractivity contribution in [1.29, 1.82) is 0 Å². The monoisotopic (exact) mass is 422 g/mol. The molecule has 2 rings (SSSR count). The lowest BCUT2D eigenvalue weighted by molar-refractivity contribution is -0.137. The Labute approximate surface area is 162 Å². The van der Waals surface area contributed by atoms with Gasteiger partial charge < -0.3 is 15.4 Å². The lowest BCUT2D eigenvalue weighted by Crippen LogP contribution is -2.43. The number of nitrogens with one attached hydrogen (secondary N) is 2. The zero-order chi connectivity index (χ0) is 21.2. The molecule has 0 aromatic heterocycles. The van der Waals surface area contributed by atoms with Crippen molar-refractivity contribution in [2.75, 3.05) is 20.2 Å². The lowest BCUT2D eigenvalue weighted by atomic mass is 10.1. The Morgan fingerprint density at radius 1 is 1.32 bits per heavy atom. The molecule has 1 aromatic rings. The first-order valence-corrected chi connectivity index (χ1v) is 10.3. The van der Waals surface area contributed by atoms with Gasteiger partial charge >= 0.3 is 6.18 Å². The SMILES string of the molecule is CO[C@H]1CN[C@@H](C(=O)NCCC(C)(C)S(=O)(=O)c2cccc(C(F)(F)F)c2)C1. The first kappa shape index (κ1) is 22.6. The summed E-state index contributed by atoms with van der Waals surface area (Å²) in [5, 5.41) is 5.70.